The fourth-order valence-electron chi connectivity index (χ4n) is 3.90. The van der Waals surface area contributed by atoms with Crippen molar-refractivity contribution in [2.24, 2.45) is 17.4 Å². The van der Waals surface area contributed by atoms with Crippen molar-refractivity contribution >= 4 is 34.6 Å². The molecule has 204 valence electrons. The van der Waals surface area contributed by atoms with Crippen LogP contribution in [-0.4, -0.2) is 76.2 Å². The number of aliphatic hydroxyl groups excluding tert-OH is 1. The Hall–Kier alpha value is -3.48. The Morgan fingerprint density at radius 1 is 0.973 bits per heavy atom. The minimum atomic E-state index is -1.35. The Labute approximate surface area is 215 Å². The Balaban J connectivity index is 2.00. The molecule has 0 aliphatic carbocycles. The van der Waals surface area contributed by atoms with E-state index >= 15 is 0 Å². The van der Waals surface area contributed by atoms with Gasteiger partial charge in [-0.15, -0.1) is 0 Å². The second-order valence-electron chi connectivity index (χ2n) is 9.33. The zero-order valence-corrected chi connectivity index (χ0v) is 21.2. The smallest absolute Gasteiger partial charge is 0.326 e. The van der Waals surface area contributed by atoms with Crippen LogP contribution in [0.5, 0.6) is 0 Å². The van der Waals surface area contributed by atoms with E-state index in [2.05, 4.69) is 20.9 Å². The second-order valence-corrected chi connectivity index (χ2v) is 9.33. The lowest BCUT2D eigenvalue weighted by molar-refractivity contribution is -0.143. The van der Waals surface area contributed by atoms with E-state index in [9.17, 15) is 29.4 Å². The number of nitrogens with one attached hydrogen (secondary N) is 4. The summed E-state index contributed by atoms with van der Waals surface area (Å²) in [6.45, 7) is 3.04. The van der Waals surface area contributed by atoms with Crippen molar-refractivity contribution < 1.29 is 29.4 Å². The molecule has 2 aromatic rings. The van der Waals surface area contributed by atoms with Crippen LogP contribution in [0.3, 0.4) is 0 Å². The third kappa shape index (κ3) is 8.55. The summed E-state index contributed by atoms with van der Waals surface area (Å²) >= 11 is 0. The molecular weight excluding hydrogens is 480 g/mol. The number of rotatable bonds is 15. The van der Waals surface area contributed by atoms with Gasteiger partial charge in [-0.1, -0.05) is 32.0 Å². The number of unbranched alkanes of at least 4 members (excludes halogenated alkanes) is 1. The molecule has 0 saturated heterocycles. The Bertz CT molecular complexity index is 1070. The fraction of sp³-hybridized carbons (Fsp3) is 0.520. The number of aromatic amines is 1. The highest BCUT2D eigenvalue weighted by atomic mass is 16.4. The van der Waals surface area contributed by atoms with Gasteiger partial charge < -0.3 is 42.6 Å². The van der Waals surface area contributed by atoms with E-state index in [-0.39, 0.29) is 12.8 Å². The summed E-state index contributed by atoms with van der Waals surface area (Å²) in [6.07, 6.45) is 3.29. The van der Waals surface area contributed by atoms with Gasteiger partial charge in [0.2, 0.25) is 17.7 Å². The van der Waals surface area contributed by atoms with Gasteiger partial charge in [-0.3, -0.25) is 14.4 Å². The summed E-state index contributed by atoms with van der Waals surface area (Å²) in [5.74, 6) is -3.71. The number of aliphatic carboxylic acids is 1. The Morgan fingerprint density at radius 2 is 1.65 bits per heavy atom. The molecule has 1 aromatic heterocycles. The van der Waals surface area contributed by atoms with Gasteiger partial charge in [0.15, 0.2) is 0 Å². The number of H-pyrrole nitrogens is 1. The topological polar surface area (TPSA) is 213 Å². The number of carboxylic acid groups (broad SMARTS) is 1. The predicted octanol–water partition coefficient (Wildman–Crippen LogP) is -0.646. The maximum atomic E-state index is 12.8. The molecule has 1 aromatic carbocycles. The van der Waals surface area contributed by atoms with Gasteiger partial charge >= 0.3 is 5.97 Å². The summed E-state index contributed by atoms with van der Waals surface area (Å²) in [7, 11) is 0. The summed E-state index contributed by atoms with van der Waals surface area (Å²) in [4.78, 5) is 53.0. The van der Waals surface area contributed by atoms with Crippen molar-refractivity contribution in [1.82, 2.24) is 20.9 Å². The number of hydrogen-bond acceptors (Lipinski definition) is 7. The monoisotopic (exact) mass is 518 g/mol. The van der Waals surface area contributed by atoms with Crippen molar-refractivity contribution in [3.63, 3.8) is 0 Å². The van der Waals surface area contributed by atoms with Gasteiger partial charge in [0, 0.05) is 17.1 Å². The molecule has 4 unspecified atom stereocenters. The SMILES string of the molecule is CC(C)C(NC(=O)C(CO)NC(=O)C(N)Cc1c[nH]c2ccccc12)C(=O)NC(CCCCN)C(=O)O. The summed E-state index contributed by atoms with van der Waals surface area (Å²) in [6, 6.07) is 3.00. The van der Waals surface area contributed by atoms with Gasteiger partial charge in [-0.2, -0.15) is 0 Å². The van der Waals surface area contributed by atoms with E-state index in [1.54, 1.807) is 20.0 Å². The zero-order chi connectivity index (χ0) is 27.5. The predicted molar refractivity (Wildman–Crippen MR) is 138 cm³/mol. The normalized spacial score (nSPS) is 14.5. The van der Waals surface area contributed by atoms with Crippen LogP contribution in [-0.2, 0) is 25.6 Å². The number of carboxylic acids is 1. The van der Waals surface area contributed by atoms with Crippen molar-refractivity contribution in [1.29, 1.82) is 0 Å². The van der Waals surface area contributed by atoms with E-state index in [0.717, 1.165) is 16.5 Å². The van der Waals surface area contributed by atoms with Gasteiger partial charge in [0.1, 0.15) is 18.1 Å². The molecule has 4 atom stereocenters. The standard InChI is InChI=1S/C25H38N6O6/c1-14(2)21(24(35)29-19(25(36)37)9-5-6-10-26)31-23(34)20(13-32)30-22(33)17(27)11-15-12-28-18-8-4-3-7-16(15)18/h3-4,7-8,12,14,17,19-21,28,32H,5-6,9-11,13,26-27H2,1-2H3,(H,29,35)(H,30,33)(H,31,34)(H,36,37). The van der Waals surface area contributed by atoms with Crippen molar-refractivity contribution in [2.45, 2.75) is 63.7 Å². The Kier molecular flexibility index (Phi) is 11.5. The summed E-state index contributed by atoms with van der Waals surface area (Å²) in [5.41, 5.74) is 13.2. The molecule has 0 aliphatic heterocycles. The van der Waals surface area contributed by atoms with Crippen LogP contribution in [0.15, 0.2) is 30.5 Å². The number of aromatic nitrogens is 1. The minimum Gasteiger partial charge on any atom is -0.480 e. The fourth-order valence-corrected chi connectivity index (χ4v) is 3.90. The summed E-state index contributed by atoms with van der Waals surface area (Å²) < 4.78 is 0. The third-order valence-corrected chi connectivity index (χ3v) is 6.08. The summed E-state index contributed by atoms with van der Waals surface area (Å²) in [5, 5.41) is 27.5. The maximum Gasteiger partial charge on any atom is 0.326 e. The van der Waals surface area contributed by atoms with Gasteiger partial charge in [0.25, 0.3) is 0 Å². The van der Waals surface area contributed by atoms with Gasteiger partial charge in [-0.25, -0.2) is 4.79 Å². The van der Waals surface area contributed by atoms with Crippen LogP contribution in [0.4, 0.5) is 0 Å². The molecule has 0 radical (unpaired) electrons. The number of carbonyl (C=O) groups is 4. The lowest BCUT2D eigenvalue weighted by Gasteiger charge is -2.26. The van der Waals surface area contributed by atoms with Gasteiger partial charge in [0.05, 0.1) is 12.6 Å². The maximum absolute atomic E-state index is 12.8. The molecule has 0 bridgehead atoms. The minimum absolute atomic E-state index is 0.195. The molecule has 0 spiro atoms. The van der Waals surface area contributed by atoms with E-state index < -0.39 is 60.4 Å². The Morgan fingerprint density at radius 3 is 2.27 bits per heavy atom. The van der Waals surface area contributed by atoms with Crippen LogP contribution >= 0.6 is 0 Å². The van der Waals surface area contributed by atoms with Gasteiger partial charge in [-0.05, 0) is 49.8 Å². The van der Waals surface area contributed by atoms with Crippen LogP contribution < -0.4 is 27.4 Å². The molecule has 3 amide bonds. The second kappa shape index (κ2) is 14.3. The molecule has 0 aliphatic rings. The largest absolute Gasteiger partial charge is 0.480 e. The van der Waals surface area contributed by atoms with Crippen LogP contribution in [0.25, 0.3) is 10.9 Å². The quantitative estimate of drug-likeness (QED) is 0.142. The first kappa shape index (κ1) is 29.7. The number of fused-ring (bicyclic) bond motifs is 1. The van der Waals surface area contributed by atoms with Crippen LogP contribution in [0, 0.1) is 5.92 Å². The van der Waals surface area contributed by atoms with E-state index in [1.165, 1.54) is 0 Å². The number of aliphatic hydroxyl groups is 1. The molecule has 2 rings (SSSR count). The molecular formula is C25H38N6O6. The zero-order valence-electron chi connectivity index (χ0n) is 21.2. The van der Waals surface area contributed by atoms with E-state index in [0.29, 0.717) is 19.4 Å². The highest BCUT2D eigenvalue weighted by Crippen LogP contribution is 2.18. The van der Waals surface area contributed by atoms with Crippen molar-refractivity contribution in [2.75, 3.05) is 13.2 Å². The first-order valence-electron chi connectivity index (χ1n) is 12.3. The van der Waals surface area contributed by atoms with Crippen molar-refractivity contribution in [3.05, 3.63) is 36.0 Å². The van der Waals surface area contributed by atoms with Crippen LogP contribution in [0.1, 0.15) is 38.7 Å². The lowest BCUT2D eigenvalue weighted by atomic mass is 10.0. The van der Waals surface area contributed by atoms with Crippen molar-refractivity contribution in [3.8, 4) is 0 Å². The number of carbonyl (C=O) groups excluding carboxylic acids is 3. The molecule has 10 N–H and O–H groups in total. The molecule has 0 fully saturated rings. The lowest BCUT2D eigenvalue weighted by Crippen LogP contribution is -2.59. The highest BCUT2D eigenvalue weighted by Gasteiger charge is 2.31. The first-order valence-corrected chi connectivity index (χ1v) is 12.3. The average molecular weight is 519 g/mol. The average Bonchev–Trinajstić information content (AvgIpc) is 3.27. The van der Waals surface area contributed by atoms with E-state index in [1.807, 2.05) is 24.3 Å². The third-order valence-electron chi connectivity index (χ3n) is 6.08. The number of amides is 3. The number of benzene rings is 1. The molecule has 12 nitrogen and oxygen atoms in total. The molecule has 1 heterocycles. The van der Waals surface area contributed by atoms with E-state index in [4.69, 9.17) is 11.5 Å². The number of hydrogen-bond donors (Lipinski definition) is 8. The highest BCUT2D eigenvalue weighted by molar-refractivity contribution is 5.94. The molecule has 37 heavy (non-hydrogen) atoms. The number of para-hydroxylation sites is 1. The molecule has 0 saturated carbocycles. The first-order chi connectivity index (χ1) is 17.6. The number of nitrogens with two attached hydrogens (primary N) is 2. The van der Waals surface area contributed by atoms with Crippen LogP contribution in [0.2, 0.25) is 0 Å². The molecule has 12 heteroatoms.